The smallest absolute Gasteiger partial charge is 0.0205 e. The average molecular weight is 260 g/mol. The van der Waals surface area contributed by atoms with E-state index in [1.165, 1.54) is 21.9 Å². The van der Waals surface area contributed by atoms with Gasteiger partial charge in [0, 0.05) is 6.54 Å². The molecule has 0 saturated heterocycles. The molecule has 1 nitrogen and oxygen atoms in total. The highest BCUT2D eigenvalue weighted by molar-refractivity contribution is 5.82. The number of fused-ring (bicyclic) bond motifs is 1. The molecule has 1 N–H and O–H groups in total. The fraction of sp³-hybridized carbons (Fsp3) is 0.158. The zero-order chi connectivity index (χ0) is 13.6. The number of benzene rings is 3. The minimum absolute atomic E-state index is 0.925. The number of hydrogen-bond donors (Lipinski definition) is 1. The van der Waals surface area contributed by atoms with Crippen LogP contribution in [0.2, 0.25) is 0 Å². The van der Waals surface area contributed by atoms with E-state index in [9.17, 15) is 0 Å². The Morgan fingerprint density at radius 1 is 0.800 bits per heavy atom. The maximum Gasteiger partial charge on any atom is 0.0205 e. The van der Waals surface area contributed by atoms with Crippen LogP contribution in [0.5, 0.6) is 0 Å². The lowest BCUT2D eigenvalue weighted by molar-refractivity contribution is 0.687. The van der Waals surface area contributed by atoms with Crippen LogP contribution in [0.1, 0.15) is 11.1 Å². The van der Waals surface area contributed by atoms with Crippen molar-refractivity contribution in [3.63, 3.8) is 0 Å². The molecule has 99 valence electrons. The molecule has 0 spiro atoms. The van der Waals surface area contributed by atoms with Crippen LogP contribution in [0.4, 0.5) is 0 Å². The molecular formula is C19H18N. The zero-order valence-corrected chi connectivity index (χ0v) is 11.5. The van der Waals surface area contributed by atoms with Gasteiger partial charge in [-0.1, -0.05) is 66.7 Å². The van der Waals surface area contributed by atoms with Gasteiger partial charge >= 0.3 is 0 Å². The summed E-state index contributed by atoms with van der Waals surface area (Å²) >= 11 is 0. The molecule has 0 unspecified atom stereocenters. The first-order valence-electron chi connectivity index (χ1n) is 7.06. The minimum Gasteiger partial charge on any atom is -0.312 e. The Morgan fingerprint density at radius 2 is 1.60 bits per heavy atom. The van der Waals surface area contributed by atoms with Crippen LogP contribution < -0.4 is 5.32 Å². The molecule has 0 fully saturated rings. The Morgan fingerprint density at radius 3 is 2.50 bits per heavy atom. The highest BCUT2D eigenvalue weighted by Crippen LogP contribution is 2.14. The van der Waals surface area contributed by atoms with Crippen molar-refractivity contribution in [2.24, 2.45) is 0 Å². The molecule has 0 amide bonds. The zero-order valence-electron chi connectivity index (χ0n) is 11.5. The van der Waals surface area contributed by atoms with Crippen LogP contribution in [-0.4, -0.2) is 6.54 Å². The van der Waals surface area contributed by atoms with Gasteiger partial charge in [0.2, 0.25) is 0 Å². The summed E-state index contributed by atoms with van der Waals surface area (Å²) in [5.41, 5.74) is 2.60. The number of nitrogens with one attached hydrogen (secondary N) is 1. The van der Waals surface area contributed by atoms with Gasteiger partial charge in [-0.15, -0.1) is 0 Å². The van der Waals surface area contributed by atoms with Gasteiger partial charge in [0.1, 0.15) is 0 Å². The summed E-state index contributed by atoms with van der Waals surface area (Å²) in [5.74, 6) is 0. The monoisotopic (exact) mass is 260 g/mol. The third-order valence-electron chi connectivity index (χ3n) is 3.46. The Labute approximate surface area is 120 Å². The van der Waals surface area contributed by atoms with Crippen molar-refractivity contribution in [3.8, 4) is 0 Å². The van der Waals surface area contributed by atoms with Crippen molar-refractivity contribution < 1.29 is 0 Å². The SMILES string of the molecule is [c]1c(CCNCc2ccccc2)ccc2ccccc12. The van der Waals surface area contributed by atoms with Crippen LogP contribution in [0.3, 0.4) is 0 Å². The van der Waals surface area contributed by atoms with Gasteiger partial charge in [0.15, 0.2) is 0 Å². The molecule has 0 aliphatic carbocycles. The lowest BCUT2D eigenvalue weighted by Gasteiger charge is -2.06. The van der Waals surface area contributed by atoms with E-state index in [0.29, 0.717) is 0 Å². The second-order valence-corrected chi connectivity index (χ2v) is 4.98. The van der Waals surface area contributed by atoms with E-state index in [2.05, 4.69) is 72.0 Å². The van der Waals surface area contributed by atoms with Gasteiger partial charge in [-0.2, -0.15) is 0 Å². The first-order chi connectivity index (χ1) is 9.92. The molecule has 0 heterocycles. The molecule has 0 saturated carbocycles. The molecule has 0 atom stereocenters. The van der Waals surface area contributed by atoms with Crippen LogP contribution in [-0.2, 0) is 13.0 Å². The predicted octanol–water partition coefficient (Wildman–Crippen LogP) is 3.97. The van der Waals surface area contributed by atoms with Crippen LogP contribution in [0.25, 0.3) is 10.8 Å². The van der Waals surface area contributed by atoms with E-state index in [1.807, 2.05) is 6.07 Å². The Bertz CT molecular complexity index is 673. The van der Waals surface area contributed by atoms with Gasteiger partial charge in [0.05, 0.1) is 0 Å². The molecule has 3 aromatic carbocycles. The highest BCUT2D eigenvalue weighted by Gasteiger charge is 1.97. The van der Waals surface area contributed by atoms with Crippen molar-refractivity contribution in [1.29, 1.82) is 0 Å². The second-order valence-electron chi connectivity index (χ2n) is 4.98. The van der Waals surface area contributed by atoms with E-state index < -0.39 is 0 Å². The molecular weight excluding hydrogens is 242 g/mol. The summed E-state index contributed by atoms with van der Waals surface area (Å²) in [5, 5.41) is 5.94. The van der Waals surface area contributed by atoms with Gasteiger partial charge < -0.3 is 5.32 Å². The van der Waals surface area contributed by atoms with Gasteiger partial charge in [-0.3, -0.25) is 0 Å². The summed E-state index contributed by atoms with van der Waals surface area (Å²) in [7, 11) is 0. The quantitative estimate of drug-likeness (QED) is 0.684. The minimum atomic E-state index is 0.925. The third-order valence-corrected chi connectivity index (χ3v) is 3.46. The lowest BCUT2D eigenvalue weighted by Crippen LogP contribution is -2.16. The van der Waals surface area contributed by atoms with Crippen molar-refractivity contribution >= 4 is 10.8 Å². The molecule has 20 heavy (non-hydrogen) atoms. The summed E-state index contributed by atoms with van der Waals surface area (Å²) in [6, 6.07) is 26.7. The van der Waals surface area contributed by atoms with Gasteiger partial charge in [-0.25, -0.2) is 0 Å². The van der Waals surface area contributed by atoms with Gasteiger partial charge in [0.25, 0.3) is 0 Å². The average Bonchev–Trinajstić information content (AvgIpc) is 2.52. The first-order valence-corrected chi connectivity index (χ1v) is 7.06. The first kappa shape index (κ1) is 12.9. The highest BCUT2D eigenvalue weighted by atomic mass is 14.8. The largest absolute Gasteiger partial charge is 0.312 e. The van der Waals surface area contributed by atoms with E-state index in [1.54, 1.807) is 0 Å². The third kappa shape index (κ3) is 3.25. The molecule has 3 aromatic rings. The molecule has 0 aromatic heterocycles. The molecule has 0 bridgehead atoms. The van der Waals surface area contributed by atoms with Crippen LogP contribution in [0, 0.1) is 6.07 Å². The maximum absolute atomic E-state index is 3.49. The summed E-state index contributed by atoms with van der Waals surface area (Å²) < 4.78 is 0. The molecule has 0 aliphatic rings. The van der Waals surface area contributed by atoms with Crippen LogP contribution in [0.15, 0.2) is 66.7 Å². The van der Waals surface area contributed by atoms with E-state index in [0.717, 1.165) is 19.5 Å². The van der Waals surface area contributed by atoms with Gasteiger partial charge in [-0.05, 0) is 40.9 Å². The topological polar surface area (TPSA) is 12.0 Å². The number of rotatable bonds is 5. The number of hydrogen-bond acceptors (Lipinski definition) is 1. The molecule has 1 radical (unpaired) electrons. The lowest BCUT2D eigenvalue weighted by atomic mass is 10.1. The maximum atomic E-state index is 3.49. The Kier molecular flexibility index (Phi) is 4.10. The standard InChI is InChI=1S/C19H18N/c1-2-6-17(7-3-1)15-20-13-12-16-10-11-18-8-4-5-9-19(18)14-16/h1-11,20H,12-13,15H2. The fourth-order valence-electron chi connectivity index (χ4n) is 2.36. The molecule has 3 rings (SSSR count). The summed E-state index contributed by atoms with van der Waals surface area (Å²) in [6.45, 7) is 1.90. The van der Waals surface area contributed by atoms with Crippen molar-refractivity contribution in [1.82, 2.24) is 5.32 Å². The van der Waals surface area contributed by atoms with E-state index in [4.69, 9.17) is 0 Å². The fourth-order valence-corrected chi connectivity index (χ4v) is 2.36. The van der Waals surface area contributed by atoms with Crippen molar-refractivity contribution in [2.75, 3.05) is 6.54 Å². The van der Waals surface area contributed by atoms with E-state index in [-0.39, 0.29) is 0 Å². The Balaban J connectivity index is 1.55. The Hall–Kier alpha value is -2.12. The summed E-state index contributed by atoms with van der Waals surface area (Å²) in [6.07, 6.45) is 1.01. The van der Waals surface area contributed by atoms with Crippen molar-refractivity contribution in [2.45, 2.75) is 13.0 Å². The predicted molar refractivity (Wildman–Crippen MR) is 84.6 cm³/mol. The van der Waals surface area contributed by atoms with Crippen LogP contribution >= 0.6 is 0 Å². The molecule has 0 aliphatic heterocycles. The van der Waals surface area contributed by atoms with Crippen molar-refractivity contribution in [3.05, 3.63) is 83.9 Å². The molecule has 1 heteroatoms. The van der Waals surface area contributed by atoms with E-state index >= 15 is 0 Å². The second kappa shape index (κ2) is 6.36. The summed E-state index contributed by atoms with van der Waals surface area (Å²) in [4.78, 5) is 0. The normalized spacial score (nSPS) is 10.8.